The van der Waals surface area contributed by atoms with Gasteiger partial charge in [0.25, 0.3) is 0 Å². The van der Waals surface area contributed by atoms with Crippen molar-refractivity contribution < 1.29 is 4.42 Å². The van der Waals surface area contributed by atoms with Gasteiger partial charge in [-0.25, -0.2) is 0 Å². The topological polar surface area (TPSA) is 66.1 Å². The molecular weight excluding hydrogens is 364 g/mol. The maximum absolute atomic E-state index is 5.56. The maximum Gasteiger partial charge on any atom is 0.195 e. The summed E-state index contributed by atoms with van der Waals surface area (Å²) in [6, 6.07) is 11.0. The highest BCUT2D eigenvalue weighted by molar-refractivity contribution is 5.85. The second-order valence-corrected chi connectivity index (χ2v) is 7.80. The molecule has 5 rings (SSSR count). The molecule has 0 aliphatic carbocycles. The molecule has 3 aromatic heterocycles. The Morgan fingerprint density at radius 3 is 2.86 bits per heavy atom. The number of benzene rings is 1. The van der Waals surface area contributed by atoms with E-state index in [1.54, 1.807) is 18.9 Å². The number of nitrogens with one attached hydrogen (secondary N) is 1. The standard InChI is InChI=1S/C22H26N6O/c1-17-14-27(22-5-3-11-29-22)10-9-26(17)8-2-4-18-13-23-21-7-6-19(12-20(18)21)28-15-24-25-16-28/h3,5-7,11-13,15-17,23H,2,4,8-10,14H2,1H3. The molecule has 1 aromatic carbocycles. The number of furan rings is 1. The molecular formula is C22H26N6O. The smallest absolute Gasteiger partial charge is 0.195 e. The van der Waals surface area contributed by atoms with Crippen LogP contribution < -0.4 is 4.90 Å². The van der Waals surface area contributed by atoms with Gasteiger partial charge in [-0.1, -0.05) is 0 Å². The van der Waals surface area contributed by atoms with Gasteiger partial charge in [0.2, 0.25) is 0 Å². The largest absolute Gasteiger partial charge is 0.449 e. The molecule has 0 radical (unpaired) electrons. The van der Waals surface area contributed by atoms with E-state index in [1.165, 1.54) is 16.5 Å². The van der Waals surface area contributed by atoms with Crippen molar-refractivity contribution in [3.63, 3.8) is 0 Å². The second-order valence-electron chi connectivity index (χ2n) is 7.80. The normalized spacial score (nSPS) is 18.0. The van der Waals surface area contributed by atoms with Crippen molar-refractivity contribution in [1.82, 2.24) is 24.6 Å². The first-order chi connectivity index (χ1) is 14.3. The predicted octanol–water partition coefficient (Wildman–Crippen LogP) is 3.48. The summed E-state index contributed by atoms with van der Waals surface area (Å²) in [7, 11) is 0. The van der Waals surface area contributed by atoms with E-state index >= 15 is 0 Å². The van der Waals surface area contributed by atoms with Crippen LogP contribution in [0.25, 0.3) is 16.6 Å². The number of hydrogen-bond acceptors (Lipinski definition) is 5. The van der Waals surface area contributed by atoms with Crippen LogP contribution in [0.5, 0.6) is 0 Å². The van der Waals surface area contributed by atoms with Gasteiger partial charge < -0.3 is 14.3 Å². The van der Waals surface area contributed by atoms with Gasteiger partial charge in [0.05, 0.1) is 6.26 Å². The number of H-pyrrole nitrogens is 1. The number of aromatic nitrogens is 4. The Morgan fingerprint density at radius 2 is 2.07 bits per heavy atom. The molecule has 1 unspecified atom stereocenters. The zero-order chi connectivity index (χ0) is 19.6. The molecule has 4 heterocycles. The van der Waals surface area contributed by atoms with Gasteiger partial charge in [-0.2, -0.15) is 0 Å². The number of aryl methyl sites for hydroxylation is 1. The molecule has 7 nitrogen and oxygen atoms in total. The number of piperazine rings is 1. The summed E-state index contributed by atoms with van der Waals surface area (Å²) in [4.78, 5) is 8.34. The molecule has 29 heavy (non-hydrogen) atoms. The summed E-state index contributed by atoms with van der Waals surface area (Å²) in [5, 5.41) is 9.10. The summed E-state index contributed by atoms with van der Waals surface area (Å²) in [6.07, 6.45) is 9.58. The van der Waals surface area contributed by atoms with Crippen LogP contribution in [0.15, 0.2) is 59.9 Å². The molecule has 1 N–H and O–H groups in total. The molecule has 1 atom stereocenters. The van der Waals surface area contributed by atoms with Crippen molar-refractivity contribution in [3.05, 3.63) is 61.0 Å². The third-order valence-electron chi connectivity index (χ3n) is 5.94. The molecule has 1 aliphatic rings. The summed E-state index contributed by atoms with van der Waals surface area (Å²) < 4.78 is 7.50. The molecule has 1 aliphatic heterocycles. The van der Waals surface area contributed by atoms with Crippen LogP contribution >= 0.6 is 0 Å². The van der Waals surface area contributed by atoms with E-state index in [0.29, 0.717) is 6.04 Å². The van der Waals surface area contributed by atoms with Gasteiger partial charge in [0.15, 0.2) is 5.88 Å². The van der Waals surface area contributed by atoms with Gasteiger partial charge in [-0.15, -0.1) is 10.2 Å². The first-order valence-corrected chi connectivity index (χ1v) is 10.3. The third kappa shape index (κ3) is 3.65. The first kappa shape index (κ1) is 18.0. The fourth-order valence-corrected chi connectivity index (χ4v) is 4.32. The van der Waals surface area contributed by atoms with E-state index in [0.717, 1.165) is 50.6 Å². The lowest BCUT2D eigenvalue weighted by Crippen LogP contribution is -2.52. The van der Waals surface area contributed by atoms with Gasteiger partial charge in [-0.05, 0) is 56.1 Å². The van der Waals surface area contributed by atoms with Gasteiger partial charge in [0.1, 0.15) is 12.7 Å². The SMILES string of the molecule is CC1CN(c2ccco2)CCN1CCCc1c[nH]c2ccc(-n3cnnc3)cc12. The Labute approximate surface area is 169 Å². The predicted molar refractivity (Wildman–Crippen MR) is 113 cm³/mol. The lowest BCUT2D eigenvalue weighted by atomic mass is 10.1. The van der Waals surface area contributed by atoms with Crippen LogP contribution in [0.4, 0.5) is 5.88 Å². The molecule has 1 fully saturated rings. The molecule has 150 valence electrons. The highest BCUT2D eigenvalue weighted by Crippen LogP contribution is 2.24. The molecule has 0 saturated carbocycles. The highest BCUT2D eigenvalue weighted by Gasteiger charge is 2.24. The highest BCUT2D eigenvalue weighted by atomic mass is 16.3. The molecule has 4 aromatic rings. The number of aromatic amines is 1. The maximum atomic E-state index is 5.56. The lowest BCUT2D eigenvalue weighted by Gasteiger charge is -2.39. The van der Waals surface area contributed by atoms with E-state index in [4.69, 9.17) is 4.42 Å². The van der Waals surface area contributed by atoms with E-state index < -0.39 is 0 Å². The molecule has 1 saturated heterocycles. The van der Waals surface area contributed by atoms with Crippen LogP contribution in [0, 0.1) is 0 Å². The van der Waals surface area contributed by atoms with Crippen molar-refractivity contribution in [2.75, 3.05) is 31.1 Å². The zero-order valence-corrected chi connectivity index (χ0v) is 16.7. The molecule has 0 spiro atoms. The molecule has 7 heteroatoms. The van der Waals surface area contributed by atoms with Crippen LogP contribution in [0.3, 0.4) is 0 Å². The monoisotopic (exact) mass is 390 g/mol. The van der Waals surface area contributed by atoms with Gasteiger partial charge in [0, 0.05) is 54.5 Å². The number of hydrogen-bond donors (Lipinski definition) is 1. The van der Waals surface area contributed by atoms with Gasteiger partial charge in [-0.3, -0.25) is 9.47 Å². The Balaban J connectivity index is 1.21. The van der Waals surface area contributed by atoms with E-state index in [2.05, 4.69) is 56.3 Å². The average Bonchev–Trinajstić information content (AvgIpc) is 3.51. The van der Waals surface area contributed by atoms with E-state index in [1.807, 2.05) is 16.7 Å². The van der Waals surface area contributed by atoms with Crippen LogP contribution in [0.1, 0.15) is 18.9 Å². The van der Waals surface area contributed by atoms with Crippen molar-refractivity contribution in [3.8, 4) is 5.69 Å². The van der Waals surface area contributed by atoms with E-state index in [9.17, 15) is 0 Å². The van der Waals surface area contributed by atoms with Crippen molar-refractivity contribution in [2.24, 2.45) is 0 Å². The Morgan fingerprint density at radius 1 is 1.17 bits per heavy atom. The zero-order valence-electron chi connectivity index (χ0n) is 16.7. The van der Waals surface area contributed by atoms with Crippen molar-refractivity contribution >= 4 is 16.8 Å². The minimum atomic E-state index is 0.525. The fraction of sp³-hybridized carbons (Fsp3) is 0.364. The summed E-state index contributed by atoms with van der Waals surface area (Å²) in [5.41, 5.74) is 3.64. The number of anilines is 1. The quantitative estimate of drug-likeness (QED) is 0.546. The summed E-state index contributed by atoms with van der Waals surface area (Å²) in [6.45, 7) is 6.54. The lowest BCUT2D eigenvalue weighted by molar-refractivity contribution is 0.184. The minimum absolute atomic E-state index is 0.525. The minimum Gasteiger partial charge on any atom is -0.449 e. The van der Waals surface area contributed by atoms with Crippen LogP contribution in [-0.4, -0.2) is 56.9 Å². The fourth-order valence-electron chi connectivity index (χ4n) is 4.32. The molecule has 0 amide bonds. The third-order valence-corrected chi connectivity index (χ3v) is 5.94. The Kier molecular flexibility index (Phi) is 4.81. The van der Waals surface area contributed by atoms with E-state index in [-0.39, 0.29) is 0 Å². The molecule has 0 bridgehead atoms. The Hall–Kier alpha value is -3.06. The summed E-state index contributed by atoms with van der Waals surface area (Å²) >= 11 is 0. The summed E-state index contributed by atoms with van der Waals surface area (Å²) in [5.74, 6) is 0.985. The van der Waals surface area contributed by atoms with Crippen LogP contribution in [-0.2, 0) is 6.42 Å². The van der Waals surface area contributed by atoms with Gasteiger partial charge >= 0.3 is 0 Å². The first-order valence-electron chi connectivity index (χ1n) is 10.3. The Bertz CT molecular complexity index is 1050. The number of nitrogens with zero attached hydrogens (tertiary/aromatic N) is 5. The number of fused-ring (bicyclic) bond motifs is 1. The number of rotatable bonds is 6. The van der Waals surface area contributed by atoms with Crippen molar-refractivity contribution in [2.45, 2.75) is 25.8 Å². The second kappa shape index (κ2) is 7.75. The average molecular weight is 390 g/mol. The van der Waals surface area contributed by atoms with Crippen LogP contribution in [0.2, 0.25) is 0 Å². The van der Waals surface area contributed by atoms with Crippen molar-refractivity contribution in [1.29, 1.82) is 0 Å².